The SMILES string of the molecule is COc1cc(C#N)ccc1/C=C(/C(C)=O)C(=O)OCCCN. The van der Waals surface area contributed by atoms with E-state index in [0.717, 1.165) is 0 Å². The highest BCUT2D eigenvalue weighted by Gasteiger charge is 2.17. The highest BCUT2D eigenvalue weighted by Crippen LogP contribution is 2.23. The molecule has 116 valence electrons. The van der Waals surface area contributed by atoms with Gasteiger partial charge in [-0.15, -0.1) is 0 Å². The van der Waals surface area contributed by atoms with E-state index in [-0.39, 0.29) is 12.2 Å². The molecule has 2 N–H and O–H groups in total. The van der Waals surface area contributed by atoms with E-state index in [2.05, 4.69) is 0 Å². The Kier molecular flexibility index (Phi) is 6.80. The van der Waals surface area contributed by atoms with Crippen molar-refractivity contribution in [1.82, 2.24) is 0 Å². The molecule has 22 heavy (non-hydrogen) atoms. The average Bonchev–Trinajstić information content (AvgIpc) is 2.52. The van der Waals surface area contributed by atoms with Gasteiger partial charge >= 0.3 is 5.97 Å². The van der Waals surface area contributed by atoms with Gasteiger partial charge in [0.2, 0.25) is 0 Å². The Morgan fingerprint density at radius 3 is 2.68 bits per heavy atom. The van der Waals surface area contributed by atoms with Crippen molar-refractivity contribution in [3.8, 4) is 11.8 Å². The van der Waals surface area contributed by atoms with E-state index in [1.807, 2.05) is 6.07 Å². The third-order valence-electron chi connectivity index (χ3n) is 2.84. The topological polar surface area (TPSA) is 102 Å². The maximum Gasteiger partial charge on any atom is 0.341 e. The van der Waals surface area contributed by atoms with E-state index in [0.29, 0.717) is 29.8 Å². The zero-order chi connectivity index (χ0) is 16.5. The van der Waals surface area contributed by atoms with Crippen molar-refractivity contribution in [2.45, 2.75) is 13.3 Å². The number of ether oxygens (including phenoxy) is 2. The number of nitrogens with zero attached hydrogens (tertiary/aromatic N) is 1. The molecule has 0 unspecified atom stereocenters. The first kappa shape index (κ1) is 17.4. The molecule has 0 saturated heterocycles. The summed E-state index contributed by atoms with van der Waals surface area (Å²) in [6.45, 7) is 1.84. The van der Waals surface area contributed by atoms with Gasteiger partial charge in [-0.05, 0) is 44.2 Å². The van der Waals surface area contributed by atoms with Crippen molar-refractivity contribution in [2.24, 2.45) is 5.73 Å². The second kappa shape index (κ2) is 8.60. The minimum absolute atomic E-state index is 0.0833. The summed E-state index contributed by atoms with van der Waals surface area (Å²) in [5, 5.41) is 8.87. The minimum Gasteiger partial charge on any atom is -0.496 e. The molecule has 0 aliphatic rings. The van der Waals surface area contributed by atoms with Crippen LogP contribution in [0.5, 0.6) is 5.75 Å². The Labute approximate surface area is 129 Å². The molecule has 1 aromatic carbocycles. The molecule has 0 bridgehead atoms. The molecule has 0 spiro atoms. The average molecular weight is 302 g/mol. The van der Waals surface area contributed by atoms with Crippen LogP contribution in [-0.4, -0.2) is 32.0 Å². The third kappa shape index (κ3) is 4.72. The molecular formula is C16H18N2O4. The normalized spacial score (nSPS) is 10.7. The zero-order valence-corrected chi connectivity index (χ0v) is 12.6. The van der Waals surface area contributed by atoms with Gasteiger partial charge in [0.1, 0.15) is 11.3 Å². The summed E-state index contributed by atoms with van der Waals surface area (Å²) in [6, 6.07) is 6.70. The number of methoxy groups -OCH3 is 1. The van der Waals surface area contributed by atoms with Crippen LogP contribution in [0.15, 0.2) is 23.8 Å². The number of benzene rings is 1. The number of nitriles is 1. The Bertz CT molecular complexity index is 630. The van der Waals surface area contributed by atoms with Crippen LogP contribution in [0.1, 0.15) is 24.5 Å². The molecule has 0 aromatic heterocycles. The standard InChI is InChI=1S/C16H18N2O4/c1-11(19)14(16(20)22-7-3-6-17)9-13-5-4-12(10-18)8-15(13)21-2/h4-5,8-9H,3,6-7,17H2,1-2H3/b14-9-. The number of esters is 1. The van der Waals surface area contributed by atoms with Gasteiger partial charge < -0.3 is 15.2 Å². The second-order valence-electron chi connectivity index (χ2n) is 4.46. The third-order valence-corrected chi connectivity index (χ3v) is 2.84. The van der Waals surface area contributed by atoms with E-state index in [4.69, 9.17) is 20.5 Å². The predicted octanol–water partition coefficient (Wildman–Crippen LogP) is 1.43. The lowest BCUT2D eigenvalue weighted by Gasteiger charge is -2.08. The van der Waals surface area contributed by atoms with Gasteiger partial charge in [0.25, 0.3) is 0 Å². The first-order chi connectivity index (χ1) is 10.5. The Morgan fingerprint density at radius 2 is 2.14 bits per heavy atom. The van der Waals surface area contributed by atoms with Gasteiger partial charge in [-0.3, -0.25) is 4.79 Å². The largest absolute Gasteiger partial charge is 0.496 e. The number of hydrogen-bond donors (Lipinski definition) is 1. The summed E-state index contributed by atoms with van der Waals surface area (Å²) >= 11 is 0. The van der Waals surface area contributed by atoms with Crippen LogP contribution < -0.4 is 10.5 Å². The first-order valence-electron chi connectivity index (χ1n) is 6.71. The Balaban J connectivity index is 3.11. The number of ketones is 1. The second-order valence-corrected chi connectivity index (χ2v) is 4.46. The van der Waals surface area contributed by atoms with Crippen LogP contribution >= 0.6 is 0 Å². The summed E-state index contributed by atoms with van der Waals surface area (Å²) in [6.07, 6.45) is 1.92. The smallest absolute Gasteiger partial charge is 0.341 e. The van der Waals surface area contributed by atoms with E-state index in [1.54, 1.807) is 12.1 Å². The quantitative estimate of drug-likeness (QED) is 0.269. The molecule has 1 aromatic rings. The van der Waals surface area contributed by atoms with Gasteiger partial charge in [0.15, 0.2) is 5.78 Å². The van der Waals surface area contributed by atoms with Crippen molar-refractivity contribution in [2.75, 3.05) is 20.3 Å². The summed E-state index contributed by atoms with van der Waals surface area (Å²) in [5.41, 5.74) is 6.18. The molecule has 0 atom stereocenters. The lowest BCUT2D eigenvalue weighted by atomic mass is 10.1. The van der Waals surface area contributed by atoms with Crippen LogP contribution in [0.2, 0.25) is 0 Å². The Morgan fingerprint density at radius 1 is 1.41 bits per heavy atom. The van der Waals surface area contributed by atoms with Crippen molar-refractivity contribution in [1.29, 1.82) is 5.26 Å². The van der Waals surface area contributed by atoms with Crippen LogP contribution in [0.4, 0.5) is 0 Å². The summed E-state index contributed by atoms with van der Waals surface area (Å²) in [5.74, 6) is -0.718. The monoisotopic (exact) mass is 302 g/mol. The van der Waals surface area contributed by atoms with Crippen LogP contribution in [-0.2, 0) is 14.3 Å². The van der Waals surface area contributed by atoms with E-state index in [9.17, 15) is 9.59 Å². The number of carbonyl (C=O) groups is 2. The fourth-order valence-corrected chi connectivity index (χ4v) is 1.69. The van der Waals surface area contributed by atoms with Crippen molar-refractivity contribution in [3.63, 3.8) is 0 Å². The lowest BCUT2D eigenvalue weighted by molar-refractivity contribution is -0.140. The Hall–Kier alpha value is -2.65. The summed E-state index contributed by atoms with van der Waals surface area (Å²) in [7, 11) is 1.45. The highest BCUT2D eigenvalue weighted by atomic mass is 16.5. The van der Waals surface area contributed by atoms with E-state index >= 15 is 0 Å². The number of hydrogen-bond acceptors (Lipinski definition) is 6. The molecule has 0 amide bonds. The summed E-state index contributed by atoms with van der Waals surface area (Å²) in [4.78, 5) is 23.6. The molecule has 6 nitrogen and oxygen atoms in total. The van der Waals surface area contributed by atoms with E-state index < -0.39 is 11.8 Å². The molecule has 0 aliphatic carbocycles. The molecule has 0 aliphatic heterocycles. The van der Waals surface area contributed by atoms with Crippen LogP contribution in [0.25, 0.3) is 6.08 Å². The summed E-state index contributed by atoms with van der Waals surface area (Å²) < 4.78 is 10.2. The van der Waals surface area contributed by atoms with Gasteiger partial charge in [0.05, 0.1) is 25.3 Å². The van der Waals surface area contributed by atoms with Gasteiger partial charge in [-0.25, -0.2) is 4.79 Å². The molecule has 0 radical (unpaired) electrons. The lowest BCUT2D eigenvalue weighted by Crippen LogP contribution is -2.16. The van der Waals surface area contributed by atoms with Crippen LogP contribution in [0.3, 0.4) is 0 Å². The maximum atomic E-state index is 11.9. The molecule has 0 saturated carbocycles. The highest BCUT2D eigenvalue weighted by molar-refractivity contribution is 6.19. The van der Waals surface area contributed by atoms with Crippen molar-refractivity contribution >= 4 is 17.8 Å². The van der Waals surface area contributed by atoms with Crippen molar-refractivity contribution < 1.29 is 19.1 Å². The molecule has 0 fully saturated rings. The minimum atomic E-state index is -0.702. The van der Waals surface area contributed by atoms with Gasteiger partial charge in [-0.2, -0.15) is 5.26 Å². The molecule has 6 heteroatoms. The van der Waals surface area contributed by atoms with E-state index in [1.165, 1.54) is 26.2 Å². The predicted molar refractivity (Wildman–Crippen MR) is 81.0 cm³/mol. The van der Waals surface area contributed by atoms with Crippen molar-refractivity contribution in [3.05, 3.63) is 34.9 Å². The fraction of sp³-hybridized carbons (Fsp3) is 0.312. The maximum absolute atomic E-state index is 11.9. The van der Waals surface area contributed by atoms with Crippen LogP contribution in [0, 0.1) is 11.3 Å². The van der Waals surface area contributed by atoms with Gasteiger partial charge in [0, 0.05) is 5.56 Å². The number of rotatable bonds is 7. The fourth-order valence-electron chi connectivity index (χ4n) is 1.69. The molecule has 1 rings (SSSR count). The number of nitrogens with two attached hydrogens (primary N) is 1. The zero-order valence-electron chi connectivity index (χ0n) is 12.6. The molecule has 0 heterocycles. The number of Topliss-reactive ketones (excluding diaryl/α,β-unsaturated/α-hetero) is 1. The first-order valence-corrected chi connectivity index (χ1v) is 6.71. The number of carbonyl (C=O) groups excluding carboxylic acids is 2. The molecular weight excluding hydrogens is 284 g/mol. The van der Waals surface area contributed by atoms with Gasteiger partial charge in [-0.1, -0.05) is 0 Å².